The van der Waals surface area contributed by atoms with Gasteiger partial charge < -0.3 is 10.0 Å². The fourth-order valence-corrected chi connectivity index (χ4v) is 1.08. The fraction of sp³-hybridized carbons (Fsp3) is 0. The molecule has 5 heteroatoms. The molecule has 0 spiro atoms. The van der Waals surface area contributed by atoms with Crippen molar-refractivity contribution in [3.05, 3.63) is 40.6 Å². The Morgan fingerprint density at radius 3 is 2.62 bits per heavy atom. The molecule has 0 unspecified atom stereocenters. The molecule has 0 aliphatic rings. The summed E-state index contributed by atoms with van der Waals surface area (Å²) in [7, 11) is -1.60. The van der Waals surface area contributed by atoms with E-state index >= 15 is 0 Å². The van der Waals surface area contributed by atoms with Crippen molar-refractivity contribution in [1.29, 1.82) is 0 Å². The van der Waals surface area contributed by atoms with Gasteiger partial charge in [-0.25, -0.2) is 4.39 Å². The van der Waals surface area contributed by atoms with E-state index in [2.05, 4.69) is 0 Å². The lowest BCUT2D eigenvalue weighted by molar-refractivity contribution is 0.424. The zero-order valence-corrected chi connectivity index (χ0v) is 7.37. The summed E-state index contributed by atoms with van der Waals surface area (Å²) >= 11 is 5.66. The lowest BCUT2D eigenvalue weighted by atomic mass is 9.91. The molecular formula is C8H7BClFO2. The molecule has 2 nitrogen and oxygen atoms in total. The normalized spacial score (nSPS) is 10.8. The molecule has 0 saturated carbocycles. The van der Waals surface area contributed by atoms with Gasteiger partial charge >= 0.3 is 7.12 Å². The van der Waals surface area contributed by atoms with Gasteiger partial charge in [0, 0.05) is 5.56 Å². The van der Waals surface area contributed by atoms with Crippen LogP contribution in [0.1, 0.15) is 5.56 Å². The second-order valence-electron chi connectivity index (χ2n) is 2.41. The van der Waals surface area contributed by atoms with Crippen LogP contribution in [0.5, 0.6) is 0 Å². The van der Waals surface area contributed by atoms with Gasteiger partial charge in [0.05, 0.1) is 5.02 Å². The zero-order valence-electron chi connectivity index (χ0n) is 6.61. The Hall–Kier alpha value is -0.835. The van der Waals surface area contributed by atoms with Gasteiger partial charge in [-0.3, -0.25) is 0 Å². The van der Waals surface area contributed by atoms with Crippen molar-refractivity contribution in [2.45, 2.75) is 0 Å². The lowest BCUT2D eigenvalue weighted by Crippen LogP contribution is -2.05. The van der Waals surface area contributed by atoms with E-state index in [9.17, 15) is 4.39 Å². The van der Waals surface area contributed by atoms with Crippen LogP contribution in [0.25, 0.3) is 6.08 Å². The summed E-state index contributed by atoms with van der Waals surface area (Å²) in [5, 5.41) is 17.2. The van der Waals surface area contributed by atoms with Crippen LogP contribution in [0.4, 0.5) is 4.39 Å². The highest BCUT2D eigenvalue weighted by atomic mass is 35.5. The van der Waals surface area contributed by atoms with Crippen molar-refractivity contribution in [1.82, 2.24) is 0 Å². The van der Waals surface area contributed by atoms with Crippen LogP contribution in [-0.2, 0) is 0 Å². The van der Waals surface area contributed by atoms with Crippen LogP contribution in [-0.4, -0.2) is 17.2 Å². The summed E-state index contributed by atoms with van der Waals surface area (Å²) in [5.74, 6) is 0.536. The summed E-state index contributed by atoms with van der Waals surface area (Å²) in [4.78, 5) is 0. The van der Waals surface area contributed by atoms with Crippen molar-refractivity contribution in [2.75, 3.05) is 0 Å². The van der Waals surface area contributed by atoms with Crippen molar-refractivity contribution < 1.29 is 14.4 Å². The largest absolute Gasteiger partial charge is 0.480 e. The number of hydrogen-bond donors (Lipinski definition) is 2. The van der Waals surface area contributed by atoms with Crippen LogP contribution >= 0.6 is 11.6 Å². The van der Waals surface area contributed by atoms with Gasteiger partial charge in [0.1, 0.15) is 5.82 Å². The van der Waals surface area contributed by atoms with Crippen LogP contribution < -0.4 is 0 Å². The Bertz CT molecular complexity index is 308. The van der Waals surface area contributed by atoms with Crippen LogP contribution in [0.15, 0.2) is 24.2 Å². The standard InChI is InChI=1S/C8H7BClFO2/c10-7-2-1-3-8(11)6(7)4-5-9(12)13/h1-5,12-13H/b5-4+. The average Bonchev–Trinajstić information content (AvgIpc) is 2.03. The third kappa shape index (κ3) is 2.84. The molecule has 0 heterocycles. The highest BCUT2D eigenvalue weighted by Gasteiger charge is 2.04. The molecule has 0 amide bonds. The lowest BCUT2D eigenvalue weighted by Gasteiger charge is -1.98. The first-order chi connectivity index (χ1) is 6.11. The third-order valence-electron chi connectivity index (χ3n) is 1.43. The first kappa shape index (κ1) is 10.2. The predicted molar refractivity (Wildman–Crippen MR) is 50.6 cm³/mol. The molecule has 2 N–H and O–H groups in total. The smallest absolute Gasteiger partial charge is 0.424 e. The van der Waals surface area contributed by atoms with E-state index in [1.165, 1.54) is 24.3 Å². The molecule has 0 radical (unpaired) electrons. The predicted octanol–water partition coefficient (Wildman–Crippen LogP) is 1.50. The summed E-state index contributed by atoms with van der Waals surface area (Å²) in [6.07, 6.45) is 1.22. The van der Waals surface area contributed by atoms with Gasteiger partial charge in [-0.05, 0) is 12.1 Å². The second kappa shape index (κ2) is 4.41. The van der Waals surface area contributed by atoms with Crippen molar-refractivity contribution in [2.24, 2.45) is 0 Å². The number of rotatable bonds is 2. The Balaban J connectivity index is 3.00. The number of hydrogen-bond acceptors (Lipinski definition) is 2. The monoisotopic (exact) mass is 200 g/mol. The van der Waals surface area contributed by atoms with Gasteiger partial charge in [0.25, 0.3) is 0 Å². The highest BCUT2D eigenvalue weighted by Crippen LogP contribution is 2.20. The van der Waals surface area contributed by atoms with Gasteiger partial charge in [-0.1, -0.05) is 29.7 Å². The van der Waals surface area contributed by atoms with E-state index in [1.807, 2.05) is 0 Å². The SMILES string of the molecule is OB(O)/C=C/c1c(F)cccc1Cl. The molecule has 0 atom stereocenters. The van der Waals surface area contributed by atoms with Crippen LogP contribution in [0.3, 0.4) is 0 Å². The quantitative estimate of drug-likeness (QED) is 0.710. The topological polar surface area (TPSA) is 40.5 Å². The number of halogens is 2. The molecule has 13 heavy (non-hydrogen) atoms. The fourth-order valence-electron chi connectivity index (χ4n) is 0.852. The van der Waals surface area contributed by atoms with Gasteiger partial charge in [-0.15, -0.1) is 0 Å². The minimum Gasteiger partial charge on any atom is -0.424 e. The maximum Gasteiger partial charge on any atom is 0.480 e. The van der Waals surface area contributed by atoms with Crippen molar-refractivity contribution in [3.63, 3.8) is 0 Å². The minimum absolute atomic E-state index is 0.150. The molecular weight excluding hydrogens is 193 g/mol. The van der Waals surface area contributed by atoms with Crippen LogP contribution in [0.2, 0.25) is 5.02 Å². The molecule has 0 aliphatic carbocycles. The van der Waals surface area contributed by atoms with Crippen molar-refractivity contribution in [3.8, 4) is 0 Å². The summed E-state index contributed by atoms with van der Waals surface area (Å²) in [6, 6.07) is 4.24. The molecule has 1 aromatic rings. The molecule has 68 valence electrons. The van der Waals surface area contributed by atoms with Crippen LogP contribution in [0, 0.1) is 5.82 Å². The Labute approximate surface area is 80.4 Å². The first-order valence-electron chi connectivity index (χ1n) is 3.59. The van der Waals surface area contributed by atoms with Gasteiger partial charge in [0.2, 0.25) is 0 Å². The molecule has 0 saturated heterocycles. The molecule has 0 bridgehead atoms. The van der Waals surface area contributed by atoms with E-state index in [0.29, 0.717) is 0 Å². The van der Waals surface area contributed by atoms with Crippen molar-refractivity contribution >= 4 is 24.8 Å². The summed E-state index contributed by atoms with van der Waals surface area (Å²) < 4.78 is 13.0. The highest BCUT2D eigenvalue weighted by molar-refractivity contribution is 6.48. The Kier molecular flexibility index (Phi) is 3.48. The Morgan fingerprint density at radius 2 is 2.08 bits per heavy atom. The molecule has 0 aliphatic heterocycles. The second-order valence-corrected chi connectivity index (χ2v) is 2.82. The summed E-state index contributed by atoms with van der Waals surface area (Å²) in [5.41, 5.74) is 0.150. The number of benzene rings is 1. The van der Waals surface area contributed by atoms with Gasteiger partial charge in [-0.2, -0.15) is 0 Å². The molecule has 1 rings (SSSR count). The zero-order chi connectivity index (χ0) is 9.84. The van der Waals surface area contributed by atoms with E-state index in [-0.39, 0.29) is 10.6 Å². The summed E-state index contributed by atoms with van der Waals surface area (Å²) in [6.45, 7) is 0. The van der Waals surface area contributed by atoms with E-state index in [0.717, 1.165) is 5.98 Å². The van der Waals surface area contributed by atoms with E-state index in [1.54, 1.807) is 0 Å². The third-order valence-corrected chi connectivity index (χ3v) is 1.76. The maximum atomic E-state index is 13.0. The molecule has 0 fully saturated rings. The maximum absolute atomic E-state index is 13.0. The first-order valence-corrected chi connectivity index (χ1v) is 3.97. The van der Waals surface area contributed by atoms with E-state index < -0.39 is 12.9 Å². The minimum atomic E-state index is -1.60. The van der Waals surface area contributed by atoms with Gasteiger partial charge in [0.15, 0.2) is 0 Å². The average molecular weight is 200 g/mol. The molecule has 0 aromatic heterocycles. The Morgan fingerprint density at radius 1 is 1.38 bits per heavy atom. The molecule has 1 aromatic carbocycles. The van der Waals surface area contributed by atoms with E-state index in [4.69, 9.17) is 21.6 Å².